The number of benzene rings is 2. The van der Waals surface area contributed by atoms with Crippen molar-refractivity contribution in [1.29, 1.82) is 0 Å². The van der Waals surface area contributed by atoms with E-state index in [0.29, 0.717) is 53.9 Å². The highest BCUT2D eigenvalue weighted by Gasteiger charge is 2.51. The van der Waals surface area contributed by atoms with Crippen LogP contribution in [0, 0.1) is 0 Å². The highest BCUT2D eigenvalue weighted by Crippen LogP contribution is 2.51. The number of fused-ring (bicyclic) bond motifs is 4. The average molecular weight is 618 g/mol. The van der Waals surface area contributed by atoms with Gasteiger partial charge in [0.15, 0.2) is 11.5 Å². The number of rotatable bonds is 15. The van der Waals surface area contributed by atoms with Gasteiger partial charge in [0.1, 0.15) is 18.5 Å². The maximum atomic E-state index is 13.9. The Hall–Kier alpha value is -4.15. The molecule has 0 fully saturated rings. The molecule has 10 heteroatoms. The zero-order valence-corrected chi connectivity index (χ0v) is 26.0. The van der Waals surface area contributed by atoms with E-state index in [-0.39, 0.29) is 19.1 Å². The van der Waals surface area contributed by atoms with E-state index in [1.165, 1.54) is 7.11 Å². The lowest BCUT2D eigenvalue weighted by atomic mass is 9.77. The van der Waals surface area contributed by atoms with Crippen molar-refractivity contribution < 1.29 is 34.1 Å². The van der Waals surface area contributed by atoms with E-state index < -0.39 is 30.1 Å². The van der Waals surface area contributed by atoms with Crippen molar-refractivity contribution in [1.82, 2.24) is 15.2 Å². The lowest BCUT2D eigenvalue weighted by Crippen LogP contribution is -2.56. The Bertz CT molecular complexity index is 1510. The number of nitrogens with one attached hydrogen (secondary N) is 2. The fraction of sp³-hybridized carbons (Fsp3) is 0.457. The number of carbonyl (C=O) groups is 3. The van der Waals surface area contributed by atoms with Gasteiger partial charge in [0, 0.05) is 53.8 Å². The first-order chi connectivity index (χ1) is 21.9. The van der Waals surface area contributed by atoms with Crippen molar-refractivity contribution in [3.63, 3.8) is 0 Å². The molecule has 1 aliphatic carbocycles. The van der Waals surface area contributed by atoms with Crippen molar-refractivity contribution in [3.05, 3.63) is 70.9 Å². The van der Waals surface area contributed by atoms with Crippen LogP contribution < -0.4 is 14.8 Å². The Morgan fingerprint density at radius 1 is 1.13 bits per heavy atom. The van der Waals surface area contributed by atoms with E-state index in [9.17, 15) is 24.6 Å². The molecule has 4 unspecified atom stereocenters. The smallest absolute Gasteiger partial charge is 0.247 e. The van der Waals surface area contributed by atoms with Gasteiger partial charge in [-0.3, -0.25) is 14.4 Å². The minimum Gasteiger partial charge on any atom is -0.493 e. The van der Waals surface area contributed by atoms with Gasteiger partial charge in [-0.25, -0.2) is 0 Å². The number of aldehydes is 1. The number of aliphatic hydroxyl groups excluding tert-OH is 2. The van der Waals surface area contributed by atoms with Crippen LogP contribution in [0.2, 0.25) is 0 Å². The van der Waals surface area contributed by atoms with E-state index in [1.54, 1.807) is 23.1 Å². The number of ether oxygens (including phenoxy) is 2. The summed E-state index contributed by atoms with van der Waals surface area (Å²) >= 11 is 0. The van der Waals surface area contributed by atoms with Crippen LogP contribution in [0.25, 0.3) is 10.9 Å². The van der Waals surface area contributed by atoms with Crippen LogP contribution in [-0.4, -0.2) is 83.3 Å². The highest BCUT2D eigenvalue weighted by molar-refractivity contribution is 5.96. The molecule has 4 N–H and O–H groups in total. The van der Waals surface area contributed by atoms with Crippen LogP contribution in [0.15, 0.2) is 54.1 Å². The lowest BCUT2D eigenvalue weighted by Gasteiger charge is -2.40. The zero-order valence-electron chi connectivity index (χ0n) is 26.0. The van der Waals surface area contributed by atoms with Crippen molar-refractivity contribution in [3.8, 4) is 11.5 Å². The molecular weight excluding hydrogens is 574 g/mol. The summed E-state index contributed by atoms with van der Waals surface area (Å²) in [5, 5.41) is 25.1. The van der Waals surface area contributed by atoms with Crippen molar-refractivity contribution in [2.24, 2.45) is 0 Å². The molecule has 0 radical (unpaired) electrons. The number of carbonyl (C=O) groups excluding carboxylic acids is 3. The molecule has 0 spiro atoms. The van der Waals surface area contributed by atoms with E-state index in [0.717, 1.165) is 48.7 Å². The summed E-state index contributed by atoms with van der Waals surface area (Å²) < 4.78 is 11.8. The van der Waals surface area contributed by atoms with Crippen LogP contribution in [0.5, 0.6) is 11.5 Å². The van der Waals surface area contributed by atoms with Gasteiger partial charge in [0.2, 0.25) is 11.8 Å². The van der Waals surface area contributed by atoms with Gasteiger partial charge in [-0.1, -0.05) is 50.8 Å². The molecule has 240 valence electrons. The van der Waals surface area contributed by atoms with Crippen molar-refractivity contribution in [2.45, 2.75) is 76.0 Å². The Kier molecular flexibility index (Phi) is 10.6. The van der Waals surface area contributed by atoms with Crippen molar-refractivity contribution in [2.75, 3.05) is 26.8 Å². The summed E-state index contributed by atoms with van der Waals surface area (Å²) in [6.45, 7) is 2.25. The number of unbranched alkanes of at least 4 members (excludes halogenated alkanes) is 4. The molecule has 5 rings (SSSR count). The van der Waals surface area contributed by atoms with Gasteiger partial charge in [-0.05, 0) is 42.1 Å². The normalized spacial score (nSPS) is 20.1. The SMILES string of the molecule is CCCCCCCC(=O)N(CCc1cc2ccccc2[nH]1)C1C=C(C(=O)NCCO)C2c3cc(C=O)cc(OC)c3OC2C1O. The van der Waals surface area contributed by atoms with Crippen molar-refractivity contribution >= 4 is 29.0 Å². The predicted molar refractivity (Wildman–Crippen MR) is 171 cm³/mol. The summed E-state index contributed by atoms with van der Waals surface area (Å²) in [6, 6.07) is 12.4. The summed E-state index contributed by atoms with van der Waals surface area (Å²) in [5.74, 6) is -0.580. The second-order valence-corrected chi connectivity index (χ2v) is 11.8. The van der Waals surface area contributed by atoms with E-state index in [2.05, 4.69) is 23.3 Å². The molecule has 2 amide bonds. The Morgan fingerprint density at radius 2 is 1.93 bits per heavy atom. The molecule has 0 saturated heterocycles. The molecule has 0 bridgehead atoms. The molecule has 1 aromatic heterocycles. The molecule has 0 saturated carbocycles. The number of H-pyrrole nitrogens is 1. The van der Waals surface area contributed by atoms with E-state index in [1.807, 2.05) is 24.3 Å². The Balaban J connectivity index is 1.50. The number of aliphatic hydroxyl groups is 2. The Morgan fingerprint density at radius 3 is 2.67 bits per heavy atom. The third-order valence-electron chi connectivity index (χ3n) is 8.79. The summed E-state index contributed by atoms with van der Waals surface area (Å²) in [4.78, 5) is 44.3. The standard InChI is InChI=1S/C35H43N3O7/c1-3-4-5-6-7-12-30(41)38(15-13-24-19-23-10-8-9-11-27(23)37-24)28-20-26(35(43)36-14-16-39)31-25-17-22(21-40)18-29(44-2)33(25)45-34(31)32(28)42/h8-11,17-21,28,31-32,34,37,39,42H,3-7,12-16H2,1-2H3,(H,36,43). The van der Waals surface area contributed by atoms with Gasteiger partial charge < -0.3 is 34.9 Å². The van der Waals surface area contributed by atoms with Crippen LogP contribution >= 0.6 is 0 Å². The summed E-state index contributed by atoms with van der Waals surface area (Å²) in [5.41, 5.74) is 3.17. The molecular formula is C35H43N3O7. The molecule has 45 heavy (non-hydrogen) atoms. The highest BCUT2D eigenvalue weighted by atomic mass is 16.5. The molecule has 2 aromatic carbocycles. The maximum Gasteiger partial charge on any atom is 0.247 e. The minimum absolute atomic E-state index is 0.0347. The van der Waals surface area contributed by atoms with Gasteiger partial charge in [-0.15, -0.1) is 0 Å². The minimum atomic E-state index is -1.17. The third-order valence-corrected chi connectivity index (χ3v) is 8.79. The fourth-order valence-electron chi connectivity index (χ4n) is 6.53. The van der Waals surface area contributed by atoms with Crippen LogP contribution in [0.4, 0.5) is 0 Å². The quantitative estimate of drug-likeness (QED) is 0.149. The maximum absolute atomic E-state index is 13.9. The number of para-hydroxylation sites is 1. The van der Waals surface area contributed by atoms with Crippen LogP contribution in [-0.2, 0) is 16.0 Å². The first-order valence-corrected chi connectivity index (χ1v) is 15.9. The average Bonchev–Trinajstić information content (AvgIpc) is 3.66. The topological polar surface area (TPSA) is 141 Å². The van der Waals surface area contributed by atoms with Crippen LogP contribution in [0.1, 0.15) is 73.0 Å². The van der Waals surface area contributed by atoms with E-state index in [4.69, 9.17) is 9.47 Å². The zero-order chi connectivity index (χ0) is 31.9. The summed E-state index contributed by atoms with van der Waals surface area (Å²) in [7, 11) is 1.46. The van der Waals surface area contributed by atoms with Gasteiger partial charge in [0.25, 0.3) is 0 Å². The number of nitrogens with zero attached hydrogens (tertiary/aromatic N) is 1. The number of hydrogen-bond donors (Lipinski definition) is 4. The second kappa shape index (κ2) is 14.8. The fourth-order valence-corrected chi connectivity index (χ4v) is 6.53. The molecule has 10 nitrogen and oxygen atoms in total. The molecule has 4 atom stereocenters. The largest absolute Gasteiger partial charge is 0.493 e. The molecule has 2 aliphatic rings. The molecule has 3 aromatic rings. The van der Waals surface area contributed by atoms with Gasteiger partial charge >= 0.3 is 0 Å². The number of aromatic nitrogens is 1. The summed E-state index contributed by atoms with van der Waals surface area (Å²) in [6.07, 6.45) is 6.07. The lowest BCUT2D eigenvalue weighted by molar-refractivity contribution is -0.137. The van der Waals surface area contributed by atoms with Crippen LogP contribution in [0.3, 0.4) is 0 Å². The third kappa shape index (κ3) is 6.92. The first-order valence-electron chi connectivity index (χ1n) is 15.9. The number of aromatic amines is 1. The second-order valence-electron chi connectivity index (χ2n) is 11.8. The van der Waals surface area contributed by atoms with Gasteiger partial charge in [-0.2, -0.15) is 0 Å². The Labute approximate surface area is 263 Å². The molecule has 1 aliphatic heterocycles. The number of methoxy groups -OCH3 is 1. The predicted octanol–water partition coefficient (Wildman–Crippen LogP) is 4.04. The first kappa shape index (κ1) is 32.2. The van der Waals surface area contributed by atoms with E-state index >= 15 is 0 Å². The number of amides is 2. The molecule has 2 heterocycles. The monoisotopic (exact) mass is 617 g/mol. The number of hydrogen-bond acceptors (Lipinski definition) is 7. The van der Waals surface area contributed by atoms with Gasteiger partial charge in [0.05, 0.1) is 25.7 Å².